The van der Waals surface area contributed by atoms with Gasteiger partial charge in [-0.15, -0.1) is 0 Å². The molecule has 0 bridgehead atoms. The molecule has 2 aromatic rings. The molecule has 0 heterocycles. The highest BCUT2D eigenvalue weighted by Crippen LogP contribution is 2.36. The Kier molecular flexibility index (Phi) is 6.92. The van der Waals surface area contributed by atoms with Gasteiger partial charge in [0.1, 0.15) is 5.82 Å². The fourth-order valence-electron chi connectivity index (χ4n) is 3.13. The van der Waals surface area contributed by atoms with E-state index in [9.17, 15) is 22.4 Å². The van der Waals surface area contributed by atoms with Gasteiger partial charge in [-0.05, 0) is 66.8 Å². The summed E-state index contributed by atoms with van der Waals surface area (Å²) in [5, 5.41) is 2.35. The minimum Gasteiger partial charge on any atom is -0.344 e. The third-order valence-corrected chi connectivity index (χ3v) is 7.70. The summed E-state index contributed by atoms with van der Waals surface area (Å²) in [5.74, 6) is -0.693. The third-order valence-electron chi connectivity index (χ3n) is 4.84. The number of rotatable bonds is 9. The van der Waals surface area contributed by atoms with Crippen molar-refractivity contribution in [1.29, 1.82) is 0 Å². The average molecular weight is 497 g/mol. The van der Waals surface area contributed by atoms with Gasteiger partial charge >= 0.3 is 0 Å². The average Bonchev–Trinajstić information content (AvgIpc) is 3.54. The zero-order valence-electron chi connectivity index (χ0n) is 16.4. The topological polar surface area (TPSA) is 83.6 Å². The molecule has 2 aromatic carbocycles. The van der Waals surface area contributed by atoms with Gasteiger partial charge in [0, 0.05) is 30.2 Å². The van der Waals surface area contributed by atoms with Crippen molar-refractivity contribution >= 4 is 43.8 Å². The zero-order valence-corrected chi connectivity index (χ0v) is 18.8. The van der Waals surface area contributed by atoms with Crippen LogP contribution >= 0.6 is 15.9 Å². The third kappa shape index (κ3) is 5.46. The maximum Gasteiger partial charge on any atom is 0.224 e. The number of benzene rings is 2. The maximum atomic E-state index is 13.8. The Labute approximate surface area is 183 Å². The van der Waals surface area contributed by atoms with Crippen molar-refractivity contribution in [3.63, 3.8) is 0 Å². The monoisotopic (exact) mass is 496 g/mol. The van der Waals surface area contributed by atoms with Crippen LogP contribution in [0.4, 0.5) is 10.1 Å². The molecule has 0 unspecified atom stereocenters. The number of nitrogens with one attached hydrogen (secondary N) is 1. The molecule has 0 saturated heterocycles. The molecule has 1 aliphatic rings. The summed E-state index contributed by atoms with van der Waals surface area (Å²) in [5.41, 5.74) is 1.31. The van der Waals surface area contributed by atoms with Crippen LogP contribution in [0.3, 0.4) is 0 Å². The Balaban J connectivity index is 1.75. The van der Waals surface area contributed by atoms with Gasteiger partial charge in [0.2, 0.25) is 12.3 Å². The highest BCUT2D eigenvalue weighted by atomic mass is 79.9. The molecule has 3 rings (SSSR count). The number of hydrogen-bond donors (Lipinski definition) is 1. The maximum absolute atomic E-state index is 13.8. The molecule has 6 nitrogen and oxygen atoms in total. The van der Waals surface area contributed by atoms with Gasteiger partial charge in [-0.25, -0.2) is 12.8 Å². The van der Waals surface area contributed by atoms with Crippen molar-refractivity contribution in [1.82, 2.24) is 4.90 Å². The van der Waals surface area contributed by atoms with E-state index in [1.54, 1.807) is 25.2 Å². The van der Waals surface area contributed by atoms with Crippen LogP contribution in [-0.4, -0.2) is 37.9 Å². The van der Waals surface area contributed by atoms with E-state index in [1.807, 2.05) is 0 Å². The number of hydrogen-bond acceptors (Lipinski definition) is 4. The van der Waals surface area contributed by atoms with Crippen LogP contribution in [0.25, 0.3) is 0 Å². The molecule has 0 aliphatic heterocycles. The SMILES string of the molecule is CN(C=O)Cc1cc(NC(=O)CCc2cc(Br)ccc2F)ccc1S(=O)(=O)C1CC1. The quantitative estimate of drug-likeness (QED) is 0.536. The summed E-state index contributed by atoms with van der Waals surface area (Å²) >= 11 is 3.28. The molecule has 1 N–H and O–H groups in total. The Morgan fingerprint density at radius 1 is 1.23 bits per heavy atom. The molecule has 2 amide bonds. The molecular formula is C21H22BrFN2O4S. The molecule has 0 radical (unpaired) electrons. The van der Waals surface area contributed by atoms with Gasteiger partial charge in [-0.2, -0.15) is 0 Å². The molecule has 1 saturated carbocycles. The smallest absolute Gasteiger partial charge is 0.224 e. The lowest BCUT2D eigenvalue weighted by atomic mass is 10.1. The first-order valence-corrected chi connectivity index (χ1v) is 11.8. The van der Waals surface area contributed by atoms with Crippen molar-refractivity contribution in [3.05, 3.63) is 57.8 Å². The Bertz CT molecular complexity index is 1070. The van der Waals surface area contributed by atoms with Crippen LogP contribution < -0.4 is 5.32 Å². The van der Waals surface area contributed by atoms with E-state index in [-0.39, 0.29) is 41.3 Å². The summed E-state index contributed by atoms with van der Waals surface area (Å²) < 4.78 is 40.0. The highest BCUT2D eigenvalue weighted by Gasteiger charge is 2.38. The number of carbonyl (C=O) groups excluding carboxylic acids is 2. The molecule has 0 spiro atoms. The molecule has 0 aromatic heterocycles. The van der Waals surface area contributed by atoms with E-state index in [0.717, 1.165) is 4.47 Å². The van der Waals surface area contributed by atoms with Gasteiger partial charge in [0.15, 0.2) is 9.84 Å². The number of anilines is 1. The Morgan fingerprint density at radius 3 is 2.63 bits per heavy atom. The lowest BCUT2D eigenvalue weighted by Crippen LogP contribution is -2.19. The van der Waals surface area contributed by atoms with Crippen LogP contribution in [0.5, 0.6) is 0 Å². The number of aryl methyl sites for hydroxylation is 1. The first-order valence-electron chi connectivity index (χ1n) is 9.47. The number of sulfone groups is 1. The van der Waals surface area contributed by atoms with Crippen molar-refractivity contribution in [2.45, 2.75) is 42.4 Å². The number of nitrogens with zero attached hydrogens (tertiary/aromatic N) is 1. The summed E-state index contributed by atoms with van der Waals surface area (Å²) in [6.07, 6.45) is 2.18. The van der Waals surface area contributed by atoms with Crippen LogP contribution in [0.1, 0.15) is 30.4 Å². The van der Waals surface area contributed by atoms with E-state index in [1.165, 1.54) is 23.1 Å². The molecule has 1 aliphatic carbocycles. The second-order valence-corrected chi connectivity index (χ2v) is 10.5. The standard InChI is InChI=1S/C21H22BrFN2O4S/c1-25(13-26)12-15-11-17(4-8-20(15)30(28,29)18-5-6-18)24-21(27)9-2-14-10-16(22)3-7-19(14)23/h3-4,7-8,10-11,13,18H,2,5-6,9,12H2,1H3,(H,24,27). The minimum atomic E-state index is -3.45. The second-order valence-electron chi connectivity index (χ2n) is 7.37. The first-order chi connectivity index (χ1) is 14.2. The summed E-state index contributed by atoms with van der Waals surface area (Å²) in [4.78, 5) is 24.9. The first kappa shape index (κ1) is 22.4. The zero-order chi connectivity index (χ0) is 21.9. The van der Waals surface area contributed by atoms with Gasteiger partial charge in [-0.3, -0.25) is 9.59 Å². The largest absolute Gasteiger partial charge is 0.344 e. The van der Waals surface area contributed by atoms with Crippen LogP contribution in [0, 0.1) is 5.82 Å². The fraction of sp³-hybridized carbons (Fsp3) is 0.333. The molecular weight excluding hydrogens is 475 g/mol. The molecule has 160 valence electrons. The molecule has 1 fully saturated rings. The summed E-state index contributed by atoms with van der Waals surface area (Å²) in [6.45, 7) is 0.109. The summed E-state index contributed by atoms with van der Waals surface area (Å²) in [7, 11) is -1.90. The normalized spacial score (nSPS) is 13.7. The minimum absolute atomic E-state index is 0.0685. The predicted molar refractivity (Wildman–Crippen MR) is 115 cm³/mol. The highest BCUT2D eigenvalue weighted by molar-refractivity contribution is 9.10. The van der Waals surface area contributed by atoms with Crippen LogP contribution in [-0.2, 0) is 32.4 Å². The molecule has 30 heavy (non-hydrogen) atoms. The van der Waals surface area contributed by atoms with Crippen molar-refractivity contribution in [2.24, 2.45) is 0 Å². The Morgan fingerprint density at radius 2 is 1.97 bits per heavy atom. The molecule has 9 heteroatoms. The predicted octanol–water partition coefficient (Wildman–Crippen LogP) is 3.68. The van der Waals surface area contributed by atoms with E-state index in [4.69, 9.17) is 0 Å². The van der Waals surface area contributed by atoms with E-state index in [2.05, 4.69) is 21.2 Å². The Hall–Kier alpha value is -2.26. The number of amides is 2. The van der Waals surface area contributed by atoms with Crippen molar-refractivity contribution < 1.29 is 22.4 Å². The number of halogens is 2. The van der Waals surface area contributed by atoms with E-state index < -0.39 is 9.84 Å². The van der Waals surface area contributed by atoms with Crippen LogP contribution in [0.2, 0.25) is 0 Å². The number of carbonyl (C=O) groups is 2. The van der Waals surface area contributed by atoms with E-state index >= 15 is 0 Å². The molecule has 0 atom stereocenters. The van der Waals surface area contributed by atoms with Crippen LogP contribution in [0.15, 0.2) is 45.8 Å². The van der Waals surface area contributed by atoms with Crippen molar-refractivity contribution in [3.8, 4) is 0 Å². The van der Waals surface area contributed by atoms with Gasteiger partial charge in [0.25, 0.3) is 0 Å². The van der Waals surface area contributed by atoms with Gasteiger partial charge in [0.05, 0.1) is 10.1 Å². The second kappa shape index (κ2) is 9.26. The van der Waals surface area contributed by atoms with Gasteiger partial charge in [-0.1, -0.05) is 15.9 Å². The van der Waals surface area contributed by atoms with E-state index in [0.29, 0.717) is 36.1 Å². The fourth-order valence-corrected chi connectivity index (χ4v) is 5.40. The lowest BCUT2D eigenvalue weighted by Gasteiger charge is -2.16. The van der Waals surface area contributed by atoms with Crippen molar-refractivity contribution in [2.75, 3.05) is 12.4 Å². The van der Waals surface area contributed by atoms with Gasteiger partial charge < -0.3 is 10.2 Å². The lowest BCUT2D eigenvalue weighted by molar-refractivity contribution is -0.117. The summed E-state index contributed by atoms with van der Waals surface area (Å²) in [6, 6.07) is 9.16.